The van der Waals surface area contributed by atoms with Gasteiger partial charge in [0.25, 0.3) is 0 Å². The van der Waals surface area contributed by atoms with Crippen molar-refractivity contribution < 1.29 is 16.8 Å². The standard InChI is InChI=1S/C15H23N3O4S2.ClH/c1-18(2)24(21,22)15-5-3-4-14(10-15)23(19,20)17-13-8-11-6-7-12(9-13)16-11;/h3-5,10-13,16-17H,6-9H2,1-2H3;1H. The van der Waals surface area contributed by atoms with Crippen LogP contribution in [-0.2, 0) is 20.0 Å². The van der Waals surface area contributed by atoms with Gasteiger partial charge in [-0.2, -0.15) is 0 Å². The van der Waals surface area contributed by atoms with E-state index in [1.807, 2.05) is 0 Å². The van der Waals surface area contributed by atoms with E-state index in [1.54, 1.807) is 0 Å². The van der Waals surface area contributed by atoms with E-state index in [0.29, 0.717) is 12.1 Å². The average molecular weight is 410 g/mol. The number of hydrogen-bond donors (Lipinski definition) is 2. The molecule has 2 aliphatic rings. The molecule has 2 aliphatic heterocycles. The molecular formula is C15H24ClN3O4S2. The average Bonchev–Trinajstić information content (AvgIpc) is 2.85. The maximum atomic E-state index is 12.6. The Hall–Kier alpha value is -0.710. The van der Waals surface area contributed by atoms with Crippen LogP contribution < -0.4 is 10.0 Å². The van der Waals surface area contributed by atoms with Crippen LogP contribution >= 0.6 is 12.4 Å². The van der Waals surface area contributed by atoms with E-state index in [-0.39, 0.29) is 28.2 Å². The zero-order chi connectivity index (χ0) is 17.5. The van der Waals surface area contributed by atoms with Gasteiger partial charge >= 0.3 is 0 Å². The minimum absolute atomic E-state index is 0. The lowest BCUT2D eigenvalue weighted by Crippen LogP contribution is -2.47. The largest absolute Gasteiger partial charge is 0.311 e. The van der Waals surface area contributed by atoms with Crippen LogP contribution in [0.4, 0.5) is 0 Å². The Morgan fingerprint density at radius 3 is 2.16 bits per heavy atom. The number of benzene rings is 1. The molecule has 2 saturated heterocycles. The Morgan fingerprint density at radius 2 is 1.60 bits per heavy atom. The van der Waals surface area contributed by atoms with Gasteiger partial charge in [0, 0.05) is 32.2 Å². The number of fused-ring (bicyclic) bond motifs is 2. The normalized spacial score (nSPS) is 26.4. The predicted molar refractivity (Wildman–Crippen MR) is 97.9 cm³/mol. The molecule has 142 valence electrons. The quantitative estimate of drug-likeness (QED) is 0.753. The molecule has 10 heteroatoms. The predicted octanol–water partition coefficient (Wildman–Crippen LogP) is 0.920. The van der Waals surface area contributed by atoms with Crippen molar-refractivity contribution >= 4 is 32.5 Å². The number of piperidine rings is 1. The first-order chi connectivity index (χ1) is 11.2. The van der Waals surface area contributed by atoms with E-state index >= 15 is 0 Å². The molecule has 2 N–H and O–H groups in total. The van der Waals surface area contributed by atoms with E-state index in [2.05, 4.69) is 10.0 Å². The van der Waals surface area contributed by atoms with Gasteiger partial charge in [-0.3, -0.25) is 0 Å². The SMILES string of the molecule is CN(C)S(=O)(=O)c1cccc(S(=O)(=O)NC2CC3CCC(C2)N3)c1.Cl. The Labute approximate surface area is 155 Å². The maximum absolute atomic E-state index is 12.6. The maximum Gasteiger partial charge on any atom is 0.242 e. The molecule has 0 saturated carbocycles. The molecule has 25 heavy (non-hydrogen) atoms. The van der Waals surface area contributed by atoms with Crippen molar-refractivity contribution in [2.45, 2.75) is 53.6 Å². The van der Waals surface area contributed by atoms with E-state index in [4.69, 9.17) is 0 Å². The smallest absolute Gasteiger partial charge is 0.242 e. The van der Waals surface area contributed by atoms with Crippen LogP contribution in [0.2, 0.25) is 0 Å². The minimum atomic E-state index is -3.75. The minimum Gasteiger partial charge on any atom is -0.311 e. The number of nitrogens with zero attached hydrogens (tertiary/aromatic N) is 1. The van der Waals surface area contributed by atoms with E-state index in [9.17, 15) is 16.8 Å². The van der Waals surface area contributed by atoms with Crippen LogP contribution in [0.3, 0.4) is 0 Å². The Bertz CT molecular complexity index is 815. The molecule has 7 nitrogen and oxygen atoms in total. The molecular weight excluding hydrogens is 386 g/mol. The molecule has 0 spiro atoms. The molecule has 2 fully saturated rings. The highest BCUT2D eigenvalue weighted by Crippen LogP contribution is 2.28. The molecule has 3 rings (SSSR count). The lowest BCUT2D eigenvalue weighted by Gasteiger charge is -2.29. The Kier molecular flexibility index (Phi) is 6.18. The fourth-order valence-corrected chi connectivity index (χ4v) is 5.78. The van der Waals surface area contributed by atoms with E-state index < -0.39 is 20.0 Å². The van der Waals surface area contributed by atoms with Crippen LogP contribution in [0.25, 0.3) is 0 Å². The summed E-state index contributed by atoms with van der Waals surface area (Å²) in [4.78, 5) is -0.0444. The van der Waals surface area contributed by atoms with E-state index in [0.717, 1.165) is 30.0 Å². The highest BCUT2D eigenvalue weighted by atomic mass is 35.5. The van der Waals surface area contributed by atoms with Gasteiger partial charge in [0.05, 0.1) is 9.79 Å². The zero-order valence-electron chi connectivity index (χ0n) is 14.2. The molecule has 0 radical (unpaired) electrons. The molecule has 2 heterocycles. The third-order valence-corrected chi connectivity index (χ3v) is 8.02. The van der Waals surface area contributed by atoms with Gasteiger partial charge in [0.15, 0.2) is 0 Å². The van der Waals surface area contributed by atoms with Gasteiger partial charge in [0.1, 0.15) is 0 Å². The van der Waals surface area contributed by atoms with Crippen molar-refractivity contribution in [3.63, 3.8) is 0 Å². The van der Waals surface area contributed by atoms with Crippen LogP contribution in [0, 0.1) is 0 Å². The summed E-state index contributed by atoms with van der Waals surface area (Å²) in [7, 11) is -4.58. The lowest BCUT2D eigenvalue weighted by molar-refractivity contribution is 0.345. The Morgan fingerprint density at radius 1 is 1.04 bits per heavy atom. The van der Waals surface area contributed by atoms with Crippen LogP contribution in [0.5, 0.6) is 0 Å². The van der Waals surface area contributed by atoms with Gasteiger partial charge in [-0.1, -0.05) is 6.07 Å². The summed E-state index contributed by atoms with van der Waals surface area (Å²) in [5, 5.41) is 3.47. The number of halogens is 1. The molecule has 1 aromatic carbocycles. The summed E-state index contributed by atoms with van der Waals surface area (Å²) in [6.07, 6.45) is 3.70. The number of hydrogen-bond acceptors (Lipinski definition) is 5. The first-order valence-electron chi connectivity index (χ1n) is 7.99. The fraction of sp³-hybridized carbons (Fsp3) is 0.600. The summed E-state index contributed by atoms with van der Waals surface area (Å²) in [6.45, 7) is 0. The van der Waals surface area contributed by atoms with Crippen LogP contribution in [-0.4, -0.2) is 53.4 Å². The molecule has 2 unspecified atom stereocenters. The van der Waals surface area contributed by atoms with Gasteiger partial charge in [-0.05, 0) is 43.9 Å². The van der Waals surface area contributed by atoms with Crippen molar-refractivity contribution in [2.24, 2.45) is 0 Å². The van der Waals surface area contributed by atoms with Crippen molar-refractivity contribution in [1.82, 2.24) is 14.3 Å². The van der Waals surface area contributed by atoms with Crippen LogP contribution in [0.15, 0.2) is 34.1 Å². The second kappa shape index (κ2) is 7.50. The fourth-order valence-electron chi connectivity index (χ4n) is 3.45. The lowest BCUT2D eigenvalue weighted by atomic mass is 10.0. The van der Waals surface area contributed by atoms with Gasteiger partial charge < -0.3 is 5.32 Å². The number of nitrogens with one attached hydrogen (secondary N) is 2. The highest BCUT2D eigenvalue weighted by Gasteiger charge is 2.35. The number of sulfonamides is 2. The second-order valence-electron chi connectivity index (χ2n) is 6.69. The molecule has 2 bridgehead atoms. The van der Waals surface area contributed by atoms with Gasteiger partial charge in [0.2, 0.25) is 20.0 Å². The van der Waals surface area contributed by atoms with Crippen molar-refractivity contribution in [3.8, 4) is 0 Å². The van der Waals surface area contributed by atoms with Gasteiger partial charge in [-0.15, -0.1) is 12.4 Å². The monoisotopic (exact) mass is 409 g/mol. The summed E-state index contributed by atoms with van der Waals surface area (Å²) in [5.74, 6) is 0. The molecule has 2 atom stereocenters. The third kappa shape index (κ3) is 4.35. The van der Waals surface area contributed by atoms with Gasteiger partial charge in [-0.25, -0.2) is 25.9 Å². The molecule has 0 aliphatic carbocycles. The first-order valence-corrected chi connectivity index (χ1v) is 10.9. The summed E-state index contributed by atoms with van der Waals surface area (Å²) < 4.78 is 53.5. The molecule has 1 aromatic rings. The molecule has 0 amide bonds. The first kappa shape index (κ1) is 20.6. The van der Waals surface area contributed by atoms with Crippen LogP contribution in [0.1, 0.15) is 25.7 Å². The third-order valence-electron chi connectivity index (χ3n) is 4.69. The summed E-state index contributed by atoms with van der Waals surface area (Å²) in [5.41, 5.74) is 0. The van der Waals surface area contributed by atoms with E-state index in [1.165, 1.54) is 38.4 Å². The summed E-state index contributed by atoms with van der Waals surface area (Å²) in [6, 6.07) is 6.13. The second-order valence-corrected chi connectivity index (χ2v) is 10.6. The highest BCUT2D eigenvalue weighted by molar-refractivity contribution is 7.90. The summed E-state index contributed by atoms with van der Waals surface area (Å²) >= 11 is 0. The topological polar surface area (TPSA) is 95.6 Å². The van der Waals surface area contributed by atoms with Crippen molar-refractivity contribution in [3.05, 3.63) is 24.3 Å². The van der Waals surface area contributed by atoms with Crippen molar-refractivity contribution in [1.29, 1.82) is 0 Å². The van der Waals surface area contributed by atoms with Crippen molar-refractivity contribution in [2.75, 3.05) is 14.1 Å². The number of rotatable bonds is 5. The zero-order valence-corrected chi connectivity index (χ0v) is 16.6. The molecule has 0 aromatic heterocycles. The Balaban J connectivity index is 0.00000225.